The fraction of sp³-hybridized carbons (Fsp3) is 0.302. The van der Waals surface area contributed by atoms with Gasteiger partial charge in [0, 0.05) is 130 Å². The molecule has 0 bridgehead atoms. The molecule has 750 valence electrons. The third kappa shape index (κ3) is 25.0. The molecule has 6 aromatic carbocycles. The van der Waals surface area contributed by atoms with Gasteiger partial charge in [-0.1, -0.05) is 219 Å². The Balaban J connectivity index is 0.000000150. The third-order valence-electron chi connectivity index (χ3n) is 22.7. The zero-order valence-corrected chi connectivity index (χ0v) is 91.9. The van der Waals surface area contributed by atoms with E-state index in [4.69, 9.17) is 9.47 Å². The van der Waals surface area contributed by atoms with Crippen LogP contribution < -0.4 is 56.2 Å². The van der Waals surface area contributed by atoms with E-state index in [9.17, 15) is 65.4 Å². The van der Waals surface area contributed by atoms with Gasteiger partial charge in [0.1, 0.15) is 5.78 Å². The number of hydrogen-bond donors (Lipinski definition) is 0. The van der Waals surface area contributed by atoms with Gasteiger partial charge in [-0.25, -0.2) is 52.3 Å². The predicted octanol–water partition coefficient (Wildman–Crippen LogP) is 11.6. The van der Waals surface area contributed by atoms with E-state index in [1.54, 1.807) is 62.2 Å². The first-order valence-corrected chi connectivity index (χ1v) is 54.3. The van der Waals surface area contributed by atoms with Crippen LogP contribution in [0, 0.1) is 0 Å². The second-order valence-electron chi connectivity index (χ2n) is 32.7. The first kappa shape index (κ1) is 109. The van der Waals surface area contributed by atoms with Gasteiger partial charge in [0.2, 0.25) is 20.2 Å². The zero-order valence-electron chi connectivity index (χ0n) is 79.9. The molecule has 17 aromatic rings. The fourth-order valence-corrected chi connectivity index (χ4v) is 22.6. The van der Waals surface area contributed by atoms with E-state index in [1.807, 2.05) is 181 Å². The van der Waals surface area contributed by atoms with Crippen LogP contribution >= 0.6 is 115 Å². The van der Waals surface area contributed by atoms with Crippen molar-refractivity contribution in [2.45, 2.75) is 104 Å². The fourth-order valence-electron chi connectivity index (χ4n) is 15.3. The summed E-state index contributed by atoms with van der Waals surface area (Å²) in [6, 6.07) is 54.4. The summed E-state index contributed by atoms with van der Waals surface area (Å²) in [7, 11) is 9.74. The summed E-state index contributed by atoms with van der Waals surface area (Å²) in [4.78, 5) is 165. The van der Waals surface area contributed by atoms with Gasteiger partial charge in [0.05, 0.1) is 79.7 Å². The lowest BCUT2D eigenvalue weighted by Gasteiger charge is -2.11. The van der Waals surface area contributed by atoms with Gasteiger partial charge in [-0.2, -0.15) is 4.98 Å². The minimum atomic E-state index is -3.86. The van der Waals surface area contributed by atoms with Crippen molar-refractivity contribution in [2.24, 2.45) is 70.5 Å². The van der Waals surface area contributed by atoms with Crippen molar-refractivity contribution in [2.75, 3.05) is 43.7 Å². The molecule has 1 atom stereocenters. The first-order chi connectivity index (χ1) is 68.2. The number of sulfone groups is 1. The van der Waals surface area contributed by atoms with Crippen LogP contribution in [0.2, 0.25) is 0 Å². The summed E-state index contributed by atoms with van der Waals surface area (Å²) in [6.07, 6.45) is 3.06. The van der Waals surface area contributed by atoms with Gasteiger partial charge in [-0.3, -0.25) is 83.6 Å². The molecule has 0 amide bonds. The van der Waals surface area contributed by atoms with Crippen molar-refractivity contribution in [3.63, 3.8) is 0 Å². The van der Waals surface area contributed by atoms with E-state index in [0.717, 1.165) is 90.9 Å². The Labute approximate surface area is 874 Å². The number of halogens is 5. The minimum Gasteiger partial charge on any atom is -0.381 e. The lowest BCUT2D eigenvalue weighted by atomic mass is 10.2. The van der Waals surface area contributed by atoms with Crippen molar-refractivity contribution in [3.8, 4) is 0 Å². The molecule has 17 rings (SSSR count). The molecular weight excluding hydrogens is 2260 g/mol. The van der Waals surface area contributed by atoms with Gasteiger partial charge >= 0.3 is 28.4 Å². The molecule has 1 unspecified atom stereocenters. The van der Waals surface area contributed by atoms with Crippen molar-refractivity contribution >= 4 is 197 Å². The number of ether oxygens (including phenoxy) is 2. The molecule has 0 aliphatic heterocycles. The maximum Gasteiger partial charge on any atom is 0.332 e. The maximum absolute atomic E-state index is 13.0. The number of fused-ring (bicyclic) bond motifs is 5. The predicted molar refractivity (Wildman–Crippen MR) is 574 cm³/mol. The van der Waals surface area contributed by atoms with E-state index in [0.29, 0.717) is 107 Å². The SMILES string of the molecule is CCCC(=O)CSc1nc2c(c(=O)n(C)c(=O)n2C)n1Cc1cccc(Br)c1.CCOCCS(=O)(=O)c1nc2c(c(=O)n(C)c(=O)n2C)n1Cc1cccc(Br)c1.CCOCCS(=O)c1nc2c(c(=O)n(C)c(=O)n2C)n1Cc1cccc(Br)c1.Cn1c(=O)c2c(nc(SCc3ccccc3)n2Cc2cccc(Br)c2)n(C)c1=O.Cn1c(=O)c2c(nc(SCc3ccccn3)n2Cc2cccc(Br)c2)n(C)c1=O. The molecule has 0 saturated carbocycles. The quantitative estimate of drug-likeness (QED) is 0.0288. The highest BCUT2D eigenvalue weighted by atomic mass is 79.9. The Hall–Kier alpha value is -11.6. The minimum absolute atomic E-state index is 0.00979. The molecule has 0 aliphatic rings. The number of aromatic nitrogens is 21. The van der Waals surface area contributed by atoms with Gasteiger partial charge < -0.3 is 32.3 Å². The topological polar surface area (TPSA) is 409 Å². The summed E-state index contributed by atoms with van der Waals surface area (Å²) in [5.74, 6) is 1.72. The lowest BCUT2D eigenvalue weighted by molar-refractivity contribution is -0.116. The zero-order chi connectivity index (χ0) is 103. The number of nitrogens with zero attached hydrogens (tertiary/aromatic N) is 21. The highest BCUT2D eigenvalue weighted by Gasteiger charge is 2.31. The molecule has 11 aromatic heterocycles. The van der Waals surface area contributed by atoms with E-state index in [-0.39, 0.29) is 85.6 Å². The molecule has 0 spiro atoms. The van der Waals surface area contributed by atoms with Crippen LogP contribution in [0.15, 0.2) is 272 Å². The number of thioether (sulfide) groups is 3. The smallest absolute Gasteiger partial charge is 0.332 e. The average molecular weight is 2360 g/mol. The molecule has 0 N–H and O–H groups in total. The Morgan fingerprint density at radius 1 is 0.364 bits per heavy atom. The number of benzene rings is 6. The van der Waals surface area contributed by atoms with E-state index in [2.05, 4.69) is 122 Å². The molecular formula is C96H100Br5N21O16S5. The summed E-state index contributed by atoms with van der Waals surface area (Å²) < 4.78 is 74.5. The largest absolute Gasteiger partial charge is 0.381 e. The molecule has 0 radical (unpaired) electrons. The van der Waals surface area contributed by atoms with Gasteiger partial charge in [-0.15, -0.1) is 0 Å². The van der Waals surface area contributed by atoms with Crippen LogP contribution in [0.3, 0.4) is 0 Å². The number of carbonyl (C=O) groups excluding carboxylic acids is 1. The molecule has 11 heterocycles. The molecule has 0 saturated heterocycles. The molecule has 37 nitrogen and oxygen atoms in total. The molecule has 143 heavy (non-hydrogen) atoms. The Morgan fingerprint density at radius 3 is 1.05 bits per heavy atom. The molecule has 47 heteroatoms. The number of imidazole rings is 5. The van der Waals surface area contributed by atoms with E-state index in [1.165, 1.54) is 98.8 Å². The highest BCUT2D eigenvalue weighted by molar-refractivity contribution is 9.11. The van der Waals surface area contributed by atoms with Gasteiger partial charge in [0.25, 0.3) is 27.8 Å². The van der Waals surface area contributed by atoms with Crippen molar-refractivity contribution < 1.29 is 26.9 Å². The normalized spacial score (nSPS) is 11.7. The summed E-state index contributed by atoms with van der Waals surface area (Å²) in [5, 5.41) is 1.93. The number of carbonyl (C=O) groups is 1. The van der Waals surface area contributed by atoms with Crippen LogP contribution in [0.5, 0.6) is 0 Å². The van der Waals surface area contributed by atoms with Crippen LogP contribution in [0.1, 0.15) is 72.7 Å². The summed E-state index contributed by atoms with van der Waals surface area (Å²) >= 11 is 21.6. The summed E-state index contributed by atoms with van der Waals surface area (Å²) in [6.45, 7) is 8.62. The van der Waals surface area contributed by atoms with Gasteiger partial charge in [0.15, 0.2) is 71.3 Å². The van der Waals surface area contributed by atoms with E-state index >= 15 is 0 Å². The average Bonchev–Trinajstić information content (AvgIpc) is 1.34. The second-order valence-corrected chi connectivity index (χ2v) is 43.5. The van der Waals surface area contributed by atoms with Gasteiger partial charge in [-0.05, 0) is 126 Å². The Morgan fingerprint density at radius 2 is 0.685 bits per heavy atom. The summed E-state index contributed by atoms with van der Waals surface area (Å²) in [5.41, 5.74) is 5.30. The number of pyridine rings is 1. The molecule has 0 fully saturated rings. The Kier molecular flexibility index (Phi) is 36.7. The van der Waals surface area contributed by atoms with E-state index < -0.39 is 60.1 Å². The molecule has 0 aliphatic carbocycles. The third-order valence-corrected chi connectivity index (χ3v) is 31.1. The van der Waals surface area contributed by atoms with Crippen molar-refractivity contribution in [1.29, 1.82) is 0 Å². The number of aryl methyl sites for hydroxylation is 5. The highest BCUT2D eigenvalue weighted by Crippen LogP contribution is 2.32. The second kappa shape index (κ2) is 48.4. The monoisotopic (exact) mass is 2360 g/mol. The first-order valence-electron chi connectivity index (χ1n) is 44.4. The number of ketones is 1. The van der Waals surface area contributed by atoms with Crippen LogP contribution in [-0.2, 0) is 150 Å². The Bertz CT molecular complexity index is 8300. The van der Waals surface area contributed by atoms with Crippen molar-refractivity contribution in [1.82, 2.24) is 98.4 Å². The van der Waals surface area contributed by atoms with Crippen LogP contribution in [0.4, 0.5) is 0 Å². The maximum atomic E-state index is 13.0. The number of rotatable bonds is 31. The number of Topliss-reactive ketones (excluding diaryl/α,β-unsaturated/α-hetero) is 1. The number of hydrogen-bond acceptors (Lipinski definition) is 25. The standard InChI is InChI=1S/C21H19BrN4O2S.C20H18BrN5O2S.C19H21BrN4O3S.C18H21BrN4O5S.C18H21BrN4O4S/c1-24-18-17(19(27)25(2)21(24)28)26(12-15-9-6-10-16(22)11-15)20(23-18)29-13-14-7-4-3-5-8-14;1-24-17-16(18(27)25(2)20(24)28)26(11-13-6-5-7-14(21)10-13)19(23-17)29-12-15-8-3-4-9-22-15;1-4-6-14(25)11-28-18-21-16-15(17(26)23(3)19(27)22(16)2)24(18)10-12-7-5-8-13(20)9-12;1-4-28-8-9-29(26,27)17-20-15-14(16(24)22(3)18(25)21(15)2)23(17)11-12-6-5-7-13(19)10-12;1-4-27-8-9-28(26)17-20-15-14(16(24)22(3)18(25)21(15)2)23(17)11-12-6-5-7-13(19)10-12/h3-11H,12-13H2,1-2H3;3-10H,11-12H2,1-2H3;5,7-9H,4,6,10-11H2,1-3H3;5-7,10H,4,8-9,11H2,1-3H3;5-7,10H,4,8-9,11H2,1-3H3. The lowest BCUT2D eigenvalue weighted by Crippen LogP contribution is -2.37. The van der Waals surface area contributed by atoms with Crippen LogP contribution in [0.25, 0.3) is 55.8 Å². The van der Waals surface area contributed by atoms with Crippen molar-refractivity contribution in [3.05, 3.63) is 342 Å². The van der Waals surface area contributed by atoms with Crippen LogP contribution in [-0.4, -0.2) is 161 Å².